The van der Waals surface area contributed by atoms with Gasteiger partial charge >= 0.3 is 0 Å². The highest BCUT2D eigenvalue weighted by molar-refractivity contribution is 8.03. The number of aromatic nitrogens is 2. The van der Waals surface area contributed by atoms with Gasteiger partial charge in [-0.1, -0.05) is 78.0 Å². The van der Waals surface area contributed by atoms with Gasteiger partial charge in [0.1, 0.15) is 0 Å². The first kappa shape index (κ1) is 23.1. The van der Waals surface area contributed by atoms with E-state index >= 15 is 0 Å². The van der Waals surface area contributed by atoms with Crippen LogP contribution < -0.4 is 0 Å². The van der Waals surface area contributed by atoms with Gasteiger partial charge in [0.15, 0.2) is 5.78 Å². The molecule has 0 fully saturated rings. The van der Waals surface area contributed by atoms with Gasteiger partial charge in [-0.2, -0.15) is 5.10 Å². The second-order valence-electron chi connectivity index (χ2n) is 9.70. The summed E-state index contributed by atoms with van der Waals surface area (Å²) < 4.78 is 15.7. The predicted octanol–water partition coefficient (Wildman–Crippen LogP) is 4.71. The van der Waals surface area contributed by atoms with E-state index in [4.69, 9.17) is 0 Å². The zero-order valence-corrected chi connectivity index (χ0v) is 19.5. The number of carbonyl (C=O) groups excluding carboxylic acids is 1. The fourth-order valence-corrected chi connectivity index (χ4v) is 5.11. The van der Waals surface area contributed by atoms with E-state index in [0.29, 0.717) is 22.7 Å². The molecule has 0 radical (unpaired) electrons. The maximum Gasteiger partial charge on any atom is 0.178 e. The zero-order valence-electron chi connectivity index (χ0n) is 18.7. The van der Waals surface area contributed by atoms with Gasteiger partial charge in [0.25, 0.3) is 0 Å². The lowest BCUT2D eigenvalue weighted by Gasteiger charge is -2.25. The minimum Gasteiger partial charge on any atom is -0.293 e. The Labute approximate surface area is 176 Å². The van der Waals surface area contributed by atoms with E-state index in [-0.39, 0.29) is 11.2 Å². The average molecular weight is 415 g/mol. The lowest BCUT2D eigenvalue weighted by molar-refractivity contribution is -0.119. The number of aryl methyl sites for hydroxylation is 1. The third-order valence-electron chi connectivity index (χ3n) is 4.50. The fourth-order valence-electron chi connectivity index (χ4n) is 2.99. The Kier molecular flexibility index (Phi) is 6.94. The molecule has 0 N–H and O–H groups in total. The number of rotatable bonds is 6. The molecule has 0 amide bonds. The van der Waals surface area contributed by atoms with Crippen molar-refractivity contribution in [1.29, 1.82) is 0 Å². The molecular weight excluding hydrogens is 380 g/mol. The lowest BCUT2D eigenvalue weighted by atomic mass is 9.86. The van der Waals surface area contributed by atoms with Crippen LogP contribution >= 0.6 is 0 Å². The number of hydrogen-bond donors (Lipinski definition) is 0. The highest BCUT2D eigenvalue weighted by atomic mass is 32.2. The minimum absolute atomic E-state index is 0.0935. The molecule has 2 aromatic rings. The van der Waals surface area contributed by atoms with E-state index < -0.39 is 14.9 Å². The van der Waals surface area contributed by atoms with Gasteiger partial charge in [0.05, 0.1) is 10.6 Å². The summed E-state index contributed by atoms with van der Waals surface area (Å²) in [5.74, 6) is 0.320. The van der Waals surface area contributed by atoms with Crippen molar-refractivity contribution in [2.75, 3.05) is 12.0 Å². The van der Waals surface area contributed by atoms with Crippen LogP contribution in [-0.2, 0) is 20.7 Å². The third kappa shape index (κ3) is 6.43. The van der Waals surface area contributed by atoms with E-state index in [1.165, 1.54) is 0 Å². The first-order chi connectivity index (χ1) is 13.3. The molecule has 0 aliphatic rings. The number of hydrogen-bond acceptors (Lipinski definition) is 3. The van der Waals surface area contributed by atoms with Crippen LogP contribution in [0.15, 0.2) is 54.9 Å². The van der Waals surface area contributed by atoms with Crippen LogP contribution in [-0.4, -0.2) is 36.6 Å². The van der Waals surface area contributed by atoms with Gasteiger partial charge in [-0.3, -0.25) is 9.00 Å². The zero-order chi connectivity index (χ0) is 21.9. The molecule has 0 aliphatic carbocycles. The SMILES string of the molecule is CC(C)(C)/C=C(\C(C(=O)C(C)(C)C)=S(C)(=O)CCc1ccccc1)n1cccn1. The van der Waals surface area contributed by atoms with Crippen molar-refractivity contribution in [2.45, 2.75) is 48.0 Å². The smallest absolute Gasteiger partial charge is 0.178 e. The molecule has 1 unspecified atom stereocenters. The Hall–Kier alpha value is -2.14. The second kappa shape index (κ2) is 8.70. The molecule has 1 aromatic carbocycles. The molecule has 158 valence electrons. The van der Waals surface area contributed by atoms with Crippen molar-refractivity contribution in [3.63, 3.8) is 0 Å². The Morgan fingerprint density at radius 2 is 1.69 bits per heavy atom. The Morgan fingerprint density at radius 3 is 2.17 bits per heavy atom. The molecule has 0 bridgehead atoms. The molecule has 1 heterocycles. The van der Waals surface area contributed by atoms with Crippen LogP contribution in [0, 0.1) is 10.8 Å². The average Bonchev–Trinajstić information content (AvgIpc) is 3.13. The van der Waals surface area contributed by atoms with Crippen molar-refractivity contribution in [3.8, 4) is 0 Å². The van der Waals surface area contributed by atoms with Crippen LogP contribution in [0.1, 0.15) is 47.1 Å². The summed E-state index contributed by atoms with van der Waals surface area (Å²) in [5, 5.41) is 4.37. The molecule has 29 heavy (non-hydrogen) atoms. The van der Waals surface area contributed by atoms with Crippen LogP contribution in [0.25, 0.3) is 5.70 Å². The number of carbonyl (C=O) groups is 1. The van der Waals surface area contributed by atoms with Gasteiger partial charge in [-0.05, 0) is 33.0 Å². The minimum atomic E-state index is -2.61. The van der Waals surface area contributed by atoms with E-state index in [1.807, 2.05) is 63.2 Å². The molecule has 0 saturated carbocycles. The van der Waals surface area contributed by atoms with Gasteiger partial charge in [-0.15, -0.1) is 0 Å². The summed E-state index contributed by atoms with van der Waals surface area (Å²) >= 11 is 0. The van der Waals surface area contributed by atoms with Gasteiger partial charge < -0.3 is 0 Å². The number of benzene rings is 1. The van der Waals surface area contributed by atoms with E-state index in [1.54, 1.807) is 23.3 Å². The van der Waals surface area contributed by atoms with E-state index in [0.717, 1.165) is 5.56 Å². The predicted molar refractivity (Wildman–Crippen MR) is 125 cm³/mol. The Bertz CT molecular complexity index is 980. The summed E-state index contributed by atoms with van der Waals surface area (Å²) in [4.78, 5) is 13.9. The quantitative estimate of drug-likeness (QED) is 0.508. The molecule has 0 saturated heterocycles. The van der Waals surface area contributed by atoms with E-state index in [9.17, 15) is 9.00 Å². The number of allylic oxidation sites excluding steroid dienone is 2. The molecule has 5 heteroatoms. The van der Waals surface area contributed by atoms with Gasteiger partial charge in [0, 0.05) is 29.8 Å². The Balaban J connectivity index is 2.69. The van der Waals surface area contributed by atoms with Crippen LogP contribution in [0.3, 0.4) is 0 Å². The number of nitrogens with zero attached hydrogens (tertiary/aromatic N) is 2. The fraction of sp³-hybridized carbons (Fsp3) is 0.458. The van der Waals surface area contributed by atoms with Crippen molar-refractivity contribution in [3.05, 3.63) is 60.4 Å². The molecule has 4 nitrogen and oxygen atoms in total. The van der Waals surface area contributed by atoms with Crippen molar-refractivity contribution in [2.24, 2.45) is 10.8 Å². The normalized spacial score (nSPS) is 15.1. The highest BCUT2D eigenvalue weighted by Gasteiger charge is 2.33. The lowest BCUT2D eigenvalue weighted by Crippen LogP contribution is -2.37. The maximum atomic E-state index is 14.0. The number of ketones is 1. The molecule has 1 aromatic heterocycles. The maximum absolute atomic E-state index is 14.0. The largest absolute Gasteiger partial charge is 0.293 e. The summed E-state index contributed by atoms with van der Waals surface area (Å²) in [5.41, 5.74) is 0.887. The van der Waals surface area contributed by atoms with Crippen molar-refractivity contribution in [1.82, 2.24) is 9.78 Å². The summed E-state index contributed by atoms with van der Waals surface area (Å²) in [6, 6.07) is 11.8. The molecule has 1 atom stereocenters. The Morgan fingerprint density at radius 1 is 1.07 bits per heavy atom. The molecule has 0 aliphatic heterocycles. The summed E-state index contributed by atoms with van der Waals surface area (Å²) in [7, 11) is -2.61. The highest BCUT2D eigenvalue weighted by Crippen LogP contribution is 2.26. The van der Waals surface area contributed by atoms with Gasteiger partial charge in [0.2, 0.25) is 0 Å². The topological polar surface area (TPSA) is 52.0 Å². The monoisotopic (exact) mass is 414 g/mol. The number of Topliss-reactive ketones (excluding diaryl/α,β-unsaturated/α-hetero) is 1. The van der Waals surface area contributed by atoms with Crippen molar-refractivity contribution < 1.29 is 9.00 Å². The van der Waals surface area contributed by atoms with E-state index in [2.05, 4.69) is 25.9 Å². The van der Waals surface area contributed by atoms with Crippen LogP contribution in [0.2, 0.25) is 0 Å². The standard InChI is InChI=1S/C24H34N2O2S/c1-23(2,3)18-20(26-16-11-15-25-26)21(22(27)24(4,5)6)29(7,28)17-14-19-12-9-8-10-13-19/h8-13,15-16,18H,14,17H2,1-7H3/b20-18+. The van der Waals surface area contributed by atoms with Crippen molar-refractivity contribution >= 4 is 25.9 Å². The molecule has 2 rings (SSSR count). The second-order valence-corrected chi connectivity index (χ2v) is 12.5. The summed E-state index contributed by atoms with van der Waals surface area (Å²) in [6.45, 7) is 11.8. The van der Waals surface area contributed by atoms with Gasteiger partial charge in [-0.25, -0.2) is 4.68 Å². The summed E-state index contributed by atoms with van der Waals surface area (Å²) in [6.07, 6.45) is 7.86. The first-order valence-corrected chi connectivity index (χ1v) is 12.1. The molecular formula is C24H34N2O2S. The first-order valence-electron chi connectivity index (χ1n) is 9.97. The third-order valence-corrected chi connectivity index (χ3v) is 6.74. The van der Waals surface area contributed by atoms with Crippen LogP contribution in [0.4, 0.5) is 0 Å². The van der Waals surface area contributed by atoms with Crippen LogP contribution in [0.5, 0.6) is 0 Å². The molecule has 0 spiro atoms.